The Morgan fingerprint density at radius 3 is 2.56 bits per heavy atom. The Balaban J connectivity index is 2.08. The number of rotatable bonds is 5. The third kappa shape index (κ3) is 3.24. The fraction of sp³-hybridized carbons (Fsp3) is 0.417. The number of hydrogen-bond acceptors (Lipinski definition) is 6. The molecule has 2 aromatic heterocycles. The van der Waals surface area contributed by atoms with Crippen molar-refractivity contribution >= 4 is 11.3 Å². The maximum Gasteiger partial charge on any atom is 0.316 e. The second kappa shape index (κ2) is 5.88. The van der Waals surface area contributed by atoms with Gasteiger partial charge in [0.15, 0.2) is 0 Å². The van der Waals surface area contributed by atoms with Crippen molar-refractivity contribution in [2.75, 3.05) is 7.11 Å². The standard InChI is InChI=1S/C12H16N4OS/c1-8(2)13-7-11-14-6-10(18-11)9-4-15-12(17-3)16-5-9/h4-6,8,13H,7H2,1-3H3. The van der Waals surface area contributed by atoms with E-state index in [0.717, 1.165) is 22.0 Å². The normalized spacial score (nSPS) is 10.9. The highest BCUT2D eigenvalue weighted by Gasteiger charge is 2.06. The first-order valence-electron chi connectivity index (χ1n) is 5.73. The number of ether oxygens (including phenoxy) is 1. The summed E-state index contributed by atoms with van der Waals surface area (Å²) in [7, 11) is 1.55. The lowest BCUT2D eigenvalue weighted by molar-refractivity contribution is 0.380. The zero-order valence-corrected chi connectivity index (χ0v) is 11.5. The summed E-state index contributed by atoms with van der Waals surface area (Å²) >= 11 is 1.65. The van der Waals surface area contributed by atoms with Gasteiger partial charge in [-0.05, 0) is 0 Å². The Hall–Kier alpha value is -1.53. The van der Waals surface area contributed by atoms with Crippen LogP contribution in [0.4, 0.5) is 0 Å². The topological polar surface area (TPSA) is 59.9 Å². The molecule has 0 aliphatic carbocycles. The molecule has 1 N–H and O–H groups in total. The molecular weight excluding hydrogens is 248 g/mol. The minimum atomic E-state index is 0.380. The van der Waals surface area contributed by atoms with E-state index in [2.05, 4.69) is 34.1 Å². The molecule has 0 amide bonds. The molecule has 0 radical (unpaired) electrons. The summed E-state index contributed by atoms with van der Waals surface area (Å²) in [6.45, 7) is 5.02. The molecule has 2 rings (SSSR count). The van der Waals surface area contributed by atoms with Crippen LogP contribution in [0.3, 0.4) is 0 Å². The zero-order valence-electron chi connectivity index (χ0n) is 10.7. The summed E-state index contributed by atoms with van der Waals surface area (Å²) in [6, 6.07) is 0.839. The highest BCUT2D eigenvalue weighted by Crippen LogP contribution is 2.25. The van der Waals surface area contributed by atoms with E-state index in [-0.39, 0.29) is 0 Å². The van der Waals surface area contributed by atoms with E-state index in [9.17, 15) is 0 Å². The molecule has 0 bridgehead atoms. The van der Waals surface area contributed by atoms with Crippen molar-refractivity contribution in [3.8, 4) is 16.5 Å². The van der Waals surface area contributed by atoms with Gasteiger partial charge in [-0.3, -0.25) is 0 Å². The Morgan fingerprint density at radius 2 is 1.94 bits per heavy atom. The number of hydrogen-bond donors (Lipinski definition) is 1. The van der Waals surface area contributed by atoms with Crippen molar-refractivity contribution in [2.24, 2.45) is 0 Å². The fourth-order valence-corrected chi connectivity index (χ4v) is 2.21. The van der Waals surface area contributed by atoms with Crippen LogP contribution in [-0.4, -0.2) is 28.1 Å². The minimum absolute atomic E-state index is 0.380. The molecule has 6 heteroatoms. The molecular formula is C12H16N4OS. The average Bonchev–Trinajstić information content (AvgIpc) is 2.85. The summed E-state index contributed by atoms with van der Waals surface area (Å²) in [5.74, 6) is 0. The van der Waals surface area contributed by atoms with Gasteiger partial charge in [0.2, 0.25) is 0 Å². The number of nitrogens with one attached hydrogen (secondary N) is 1. The molecule has 2 heterocycles. The van der Waals surface area contributed by atoms with E-state index in [0.29, 0.717) is 12.1 Å². The van der Waals surface area contributed by atoms with E-state index in [1.54, 1.807) is 30.8 Å². The first kappa shape index (κ1) is 12.9. The highest BCUT2D eigenvalue weighted by atomic mass is 32.1. The average molecular weight is 264 g/mol. The lowest BCUT2D eigenvalue weighted by Crippen LogP contribution is -2.21. The summed E-state index contributed by atoms with van der Waals surface area (Å²) < 4.78 is 4.93. The van der Waals surface area contributed by atoms with Gasteiger partial charge < -0.3 is 10.1 Å². The van der Waals surface area contributed by atoms with E-state index in [4.69, 9.17) is 4.74 Å². The number of aromatic nitrogens is 3. The molecule has 0 fully saturated rings. The van der Waals surface area contributed by atoms with Crippen LogP contribution in [0.2, 0.25) is 0 Å². The Bertz CT molecular complexity index is 495. The van der Waals surface area contributed by atoms with E-state index < -0.39 is 0 Å². The lowest BCUT2D eigenvalue weighted by Gasteiger charge is -2.04. The molecule has 0 unspecified atom stereocenters. The van der Waals surface area contributed by atoms with E-state index in [1.807, 2.05) is 6.20 Å². The summed E-state index contributed by atoms with van der Waals surface area (Å²) in [5.41, 5.74) is 0.962. The number of methoxy groups -OCH3 is 1. The monoisotopic (exact) mass is 264 g/mol. The van der Waals surface area contributed by atoms with Gasteiger partial charge >= 0.3 is 6.01 Å². The van der Waals surface area contributed by atoms with Gasteiger partial charge in [-0.2, -0.15) is 0 Å². The summed E-state index contributed by atoms with van der Waals surface area (Å²) in [6.07, 6.45) is 5.35. The second-order valence-electron chi connectivity index (χ2n) is 4.11. The molecule has 0 atom stereocenters. The van der Waals surface area contributed by atoms with Crippen LogP contribution >= 0.6 is 11.3 Å². The largest absolute Gasteiger partial charge is 0.467 e. The first-order chi connectivity index (χ1) is 8.69. The van der Waals surface area contributed by atoms with Crippen LogP contribution in [0.15, 0.2) is 18.6 Å². The Kier molecular flexibility index (Phi) is 4.22. The molecule has 0 saturated carbocycles. The predicted molar refractivity (Wildman–Crippen MR) is 71.7 cm³/mol. The summed E-state index contributed by atoms with van der Waals surface area (Å²) in [5, 5.41) is 4.41. The van der Waals surface area contributed by atoms with Crippen LogP contribution in [0, 0.1) is 0 Å². The second-order valence-corrected chi connectivity index (χ2v) is 5.23. The smallest absolute Gasteiger partial charge is 0.316 e. The predicted octanol–water partition coefficient (Wildman–Crippen LogP) is 2.11. The molecule has 0 aliphatic rings. The fourth-order valence-electron chi connectivity index (χ4n) is 1.37. The van der Waals surface area contributed by atoms with Gasteiger partial charge in [0, 0.05) is 36.7 Å². The van der Waals surface area contributed by atoms with Gasteiger partial charge in [0.05, 0.1) is 12.0 Å². The molecule has 18 heavy (non-hydrogen) atoms. The number of thiazole rings is 1. The zero-order chi connectivity index (χ0) is 13.0. The van der Waals surface area contributed by atoms with Gasteiger partial charge in [-0.25, -0.2) is 15.0 Å². The van der Waals surface area contributed by atoms with Crippen molar-refractivity contribution in [3.05, 3.63) is 23.6 Å². The maximum absolute atomic E-state index is 4.93. The van der Waals surface area contributed by atoms with Crippen molar-refractivity contribution in [2.45, 2.75) is 26.4 Å². The quantitative estimate of drug-likeness (QED) is 0.896. The highest BCUT2D eigenvalue weighted by molar-refractivity contribution is 7.15. The van der Waals surface area contributed by atoms with Gasteiger partial charge in [0.25, 0.3) is 0 Å². The van der Waals surface area contributed by atoms with Crippen LogP contribution in [0.5, 0.6) is 6.01 Å². The first-order valence-corrected chi connectivity index (χ1v) is 6.55. The van der Waals surface area contributed by atoms with Crippen molar-refractivity contribution in [1.82, 2.24) is 20.3 Å². The molecule has 0 aromatic carbocycles. The van der Waals surface area contributed by atoms with Crippen LogP contribution < -0.4 is 10.1 Å². The van der Waals surface area contributed by atoms with Crippen LogP contribution in [0.25, 0.3) is 10.4 Å². The molecule has 96 valence electrons. The third-order valence-corrected chi connectivity index (χ3v) is 3.36. The van der Waals surface area contributed by atoms with Gasteiger partial charge in [0.1, 0.15) is 5.01 Å². The van der Waals surface area contributed by atoms with Crippen LogP contribution in [-0.2, 0) is 6.54 Å². The SMILES string of the molecule is COc1ncc(-c2cnc(CNC(C)C)s2)cn1. The Morgan fingerprint density at radius 1 is 1.22 bits per heavy atom. The van der Waals surface area contributed by atoms with E-state index in [1.165, 1.54) is 0 Å². The van der Waals surface area contributed by atoms with Crippen LogP contribution in [0.1, 0.15) is 18.9 Å². The van der Waals surface area contributed by atoms with Crippen molar-refractivity contribution in [1.29, 1.82) is 0 Å². The third-order valence-electron chi connectivity index (χ3n) is 2.31. The molecule has 0 saturated heterocycles. The van der Waals surface area contributed by atoms with Crippen molar-refractivity contribution in [3.63, 3.8) is 0 Å². The Labute approximate surface area is 110 Å². The minimum Gasteiger partial charge on any atom is -0.467 e. The van der Waals surface area contributed by atoms with Gasteiger partial charge in [-0.1, -0.05) is 13.8 Å². The van der Waals surface area contributed by atoms with Crippen molar-refractivity contribution < 1.29 is 4.74 Å². The molecule has 0 aliphatic heterocycles. The van der Waals surface area contributed by atoms with E-state index >= 15 is 0 Å². The number of nitrogens with zero attached hydrogens (tertiary/aromatic N) is 3. The van der Waals surface area contributed by atoms with Gasteiger partial charge in [-0.15, -0.1) is 11.3 Å². The molecule has 5 nitrogen and oxygen atoms in total. The molecule has 2 aromatic rings. The molecule has 0 spiro atoms. The lowest BCUT2D eigenvalue weighted by atomic mass is 10.3. The summed E-state index contributed by atoms with van der Waals surface area (Å²) in [4.78, 5) is 13.6. The maximum atomic E-state index is 4.93.